The molecule has 1 fully saturated rings. The molecule has 0 saturated heterocycles. The van der Waals surface area contributed by atoms with E-state index in [-0.39, 0.29) is 37.3 Å². The van der Waals surface area contributed by atoms with Crippen molar-refractivity contribution in [2.24, 2.45) is 11.8 Å². The van der Waals surface area contributed by atoms with Crippen molar-refractivity contribution in [3.8, 4) is 5.75 Å². The van der Waals surface area contributed by atoms with E-state index in [0.29, 0.717) is 4.90 Å². The number of carbonyl (C=O) groups excluding carboxylic acids is 4. The van der Waals surface area contributed by atoms with Crippen LogP contribution >= 0.6 is 0 Å². The number of hydrogen-bond acceptors (Lipinski definition) is 10. The van der Waals surface area contributed by atoms with Gasteiger partial charge in [-0.2, -0.15) is 0 Å². The summed E-state index contributed by atoms with van der Waals surface area (Å²) in [5.41, 5.74) is -4.13. The number of alkyl halides is 3. The fraction of sp³-hybridized carbons (Fsp3) is 0.615. The average Bonchev–Trinajstić information content (AvgIpc) is 3.06. The van der Waals surface area contributed by atoms with Gasteiger partial charge in [0.2, 0.25) is 11.9 Å². The van der Waals surface area contributed by atoms with Crippen molar-refractivity contribution in [2.45, 2.75) is 77.3 Å². The number of rotatable bonds is 7. The number of ether oxygens (including phenoxy) is 4. The van der Waals surface area contributed by atoms with E-state index < -0.39 is 76.3 Å². The molecule has 1 aromatic carbocycles. The van der Waals surface area contributed by atoms with E-state index in [1.807, 2.05) is 0 Å². The Morgan fingerprint density at radius 1 is 1.10 bits per heavy atom. The lowest BCUT2D eigenvalue weighted by molar-refractivity contribution is -0.536. The van der Waals surface area contributed by atoms with Crippen LogP contribution in [0.25, 0.3) is 0 Å². The lowest BCUT2D eigenvalue weighted by Gasteiger charge is -2.45. The second-order valence-electron chi connectivity index (χ2n) is 10.6. The standard InChI is InChI=1S/C26H31F3N2O10/c1-6-38-19(32)12-14-8-10-18(31(36)37)20(21(33)39-7-2)25(14)16-13-15(40-26(27,28)29)9-11-17(16)30(22(25)34)23(35)41-24(3,4)5/h9,11,13-14,18,20H,6-8,10,12H2,1-5H3. The van der Waals surface area contributed by atoms with Gasteiger partial charge in [0.1, 0.15) is 22.7 Å². The fourth-order valence-electron chi connectivity index (χ4n) is 5.64. The molecule has 1 aliphatic heterocycles. The number of esters is 2. The second kappa shape index (κ2) is 11.5. The Labute approximate surface area is 233 Å². The normalized spacial score (nSPS) is 24.0. The van der Waals surface area contributed by atoms with Gasteiger partial charge in [-0.15, -0.1) is 13.2 Å². The first-order valence-corrected chi connectivity index (χ1v) is 12.9. The van der Waals surface area contributed by atoms with Crippen molar-refractivity contribution in [3.05, 3.63) is 33.9 Å². The molecule has 1 heterocycles. The van der Waals surface area contributed by atoms with E-state index in [4.69, 9.17) is 14.2 Å². The lowest BCUT2D eigenvalue weighted by atomic mass is 9.54. The molecule has 1 saturated carbocycles. The highest BCUT2D eigenvalue weighted by atomic mass is 19.4. The summed E-state index contributed by atoms with van der Waals surface area (Å²) in [5, 5.41) is 12.2. The van der Waals surface area contributed by atoms with Crippen LogP contribution in [0.1, 0.15) is 59.4 Å². The van der Waals surface area contributed by atoms with Crippen molar-refractivity contribution < 1.29 is 56.2 Å². The molecule has 15 heteroatoms. The van der Waals surface area contributed by atoms with Gasteiger partial charge in [0, 0.05) is 17.8 Å². The van der Waals surface area contributed by atoms with Crippen LogP contribution in [0, 0.1) is 22.0 Å². The molecular formula is C26H31F3N2O10. The monoisotopic (exact) mass is 588 g/mol. The number of benzene rings is 1. The molecule has 2 amide bonds. The van der Waals surface area contributed by atoms with Crippen LogP contribution in [0.4, 0.5) is 23.7 Å². The molecule has 12 nitrogen and oxygen atoms in total. The Morgan fingerprint density at radius 3 is 2.27 bits per heavy atom. The predicted molar refractivity (Wildman–Crippen MR) is 133 cm³/mol. The lowest BCUT2D eigenvalue weighted by Crippen LogP contribution is -2.62. The molecule has 226 valence electrons. The Morgan fingerprint density at radius 2 is 1.73 bits per heavy atom. The van der Waals surface area contributed by atoms with Crippen LogP contribution in [-0.4, -0.2) is 60.1 Å². The van der Waals surface area contributed by atoms with Crippen molar-refractivity contribution in [1.82, 2.24) is 0 Å². The third kappa shape index (κ3) is 6.22. The first kappa shape index (κ1) is 31.6. The first-order chi connectivity index (χ1) is 19.0. The molecule has 3 rings (SSSR count). The zero-order valence-corrected chi connectivity index (χ0v) is 23.1. The van der Waals surface area contributed by atoms with Gasteiger partial charge in [0.25, 0.3) is 0 Å². The molecule has 2 aliphatic rings. The number of fused-ring (bicyclic) bond motifs is 2. The zero-order chi connectivity index (χ0) is 30.9. The van der Waals surface area contributed by atoms with Crippen LogP contribution in [0.15, 0.2) is 18.2 Å². The van der Waals surface area contributed by atoms with Crippen LogP contribution in [0.3, 0.4) is 0 Å². The van der Waals surface area contributed by atoms with Gasteiger partial charge in [-0.1, -0.05) is 0 Å². The minimum atomic E-state index is -5.16. The summed E-state index contributed by atoms with van der Waals surface area (Å²) in [6.45, 7) is 7.20. The second-order valence-corrected chi connectivity index (χ2v) is 10.6. The number of nitrogens with zero attached hydrogens (tertiary/aromatic N) is 2. The fourth-order valence-corrected chi connectivity index (χ4v) is 5.64. The smallest absolute Gasteiger partial charge is 0.466 e. The molecule has 0 radical (unpaired) electrons. The van der Waals surface area contributed by atoms with Gasteiger partial charge in [-0.05, 0) is 70.7 Å². The Hall–Kier alpha value is -3.91. The summed E-state index contributed by atoms with van der Waals surface area (Å²) < 4.78 is 59.2. The van der Waals surface area contributed by atoms with Crippen molar-refractivity contribution in [2.75, 3.05) is 18.1 Å². The van der Waals surface area contributed by atoms with E-state index in [9.17, 15) is 42.5 Å². The number of hydrogen-bond donors (Lipinski definition) is 0. The molecular weight excluding hydrogens is 557 g/mol. The van der Waals surface area contributed by atoms with Gasteiger partial charge in [-0.25, -0.2) is 9.69 Å². The number of amides is 2. The summed E-state index contributed by atoms with van der Waals surface area (Å²) in [4.78, 5) is 66.0. The molecule has 1 aromatic rings. The third-order valence-corrected chi connectivity index (χ3v) is 6.88. The number of halogens is 3. The largest absolute Gasteiger partial charge is 0.573 e. The number of nitro groups is 1. The minimum Gasteiger partial charge on any atom is -0.466 e. The molecule has 1 spiro atoms. The van der Waals surface area contributed by atoms with E-state index >= 15 is 0 Å². The van der Waals surface area contributed by atoms with Crippen LogP contribution in [0.2, 0.25) is 0 Å². The highest BCUT2D eigenvalue weighted by Gasteiger charge is 2.70. The van der Waals surface area contributed by atoms with E-state index in [0.717, 1.165) is 18.2 Å². The van der Waals surface area contributed by atoms with Crippen LogP contribution in [-0.2, 0) is 34.0 Å². The Kier molecular flexibility index (Phi) is 8.89. The molecule has 1 aliphatic carbocycles. The van der Waals surface area contributed by atoms with E-state index in [1.165, 1.54) is 34.6 Å². The SMILES string of the molecule is CCOC(=O)CC1CCC([N+](=O)[O-])C(C(=O)OCC)C12C(=O)N(C(=O)OC(C)(C)C)c1ccc(OC(F)(F)F)cc12. The van der Waals surface area contributed by atoms with E-state index in [1.54, 1.807) is 0 Å². The highest BCUT2D eigenvalue weighted by molar-refractivity contribution is 6.22. The number of imide groups is 1. The minimum absolute atomic E-state index is 0.0461. The van der Waals surface area contributed by atoms with Crippen molar-refractivity contribution in [1.29, 1.82) is 0 Å². The first-order valence-electron chi connectivity index (χ1n) is 12.9. The van der Waals surface area contributed by atoms with Gasteiger partial charge in [0.15, 0.2) is 0 Å². The van der Waals surface area contributed by atoms with E-state index in [2.05, 4.69) is 4.74 Å². The molecule has 0 aromatic heterocycles. The summed E-state index contributed by atoms with van der Waals surface area (Å²) in [5.74, 6) is -7.13. The van der Waals surface area contributed by atoms with Gasteiger partial charge in [-0.3, -0.25) is 24.5 Å². The molecule has 0 bridgehead atoms. The van der Waals surface area contributed by atoms with Crippen LogP contribution < -0.4 is 9.64 Å². The number of anilines is 1. The molecule has 4 unspecified atom stereocenters. The summed E-state index contributed by atoms with van der Waals surface area (Å²) >= 11 is 0. The summed E-state index contributed by atoms with van der Waals surface area (Å²) in [6, 6.07) is 0.906. The summed E-state index contributed by atoms with van der Waals surface area (Å²) in [6.07, 6.45) is -7.37. The quantitative estimate of drug-likeness (QED) is 0.195. The Balaban J connectivity index is 2.40. The van der Waals surface area contributed by atoms with Gasteiger partial charge >= 0.3 is 24.4 Å². The average molecular weight is 589 g/mol. The highest BCUT2D eigenvalue weighted by Crippen LogP contribution is 2.58. The maximum atomic E-state index is 14.5. The predicted octanol–water partition coefficient (Wildman–Crippen LogP) is 4.29. The van der Waals surface area contributed by atoms with Crippen molar-refractivity contribution in [3.63, 3.8) is 0 Å². The molecule has 0 N–H and O–H groups in total. The topological polar surface area (TPSA) is 152 Å². The van der Waals surface area contributed by atoms with Gasteiger partial charge in [0.05, 0.1) is 18.9 Å². The molecule has 4 atom stereocenters. The maximum Gasteiger partial charge on any atom is 0.573 e. The van der Waals surface area contributed by atoms with Gasteiger partial charge < -0.3 is 18.9 Å². The maximum absolute atomic E-state index is 14.5. The Bertz CT molecular complexity index is 1230. The third-order valence-electron chi connectivity index (χ3n) is 6.88. The zero-order valence-electron chi connectivity index (χ0n) is 23.1. The molecule has 41 heavy (non-hydrogen) atoms. The van der Waals surface area contributed by atoms with Crippen molar-refractivity contribution >= 4 is 29.6 Å². The van der Waals surface area contributed by atoms with Crippen LogP contribution in [0.5, 0.6) is 5.75 Å². The number of carbonyl (C=O) groups is 4. The summed E-state index contributed by atoms with van der Waals surface area (Å²) in [7, 11) is 0.